The number of allylic oxidation sites excluding steroid dienone is 2. The summed E-state index contributed by atoms with van der Waals surface area (Å²) >= 11 is 0. The lowest BCUT2D eigenvalue weighted by Crippen LogP contribution is -2.26. The van der Waals surface area contributed by atoms with Gasteiger partial charge in [-0.15, -0.1) is 5.10 Å². The van der Waals surface area contributed by atoms with Crippen molar-refractivity contribution in [3.05, 3.63) is 64.6 Å². The van der Waals surface area contributed by atoms with Crippen LogP contribution in [0.25, 0.3) is 5.70 Å². The Kier molecular flexibility index (Phi) is 4.74. The average Bonchev–Trinajstić information content (AvgIpc) is 2.89. The Labute approximate surface area is 145 Å². The smallest absolute Gasteiger partial charge is 0.315 e. The van der Waals surface area contributed by atoms with E-state index in [1.54, 1.807) is 42.9 Å². The summed E-state index contributed by atoms with van der Waals surface area (Å²) in [5.41, 5.74) is 15.1. The van der Waals surface area contributed by atoms with Crippen LogP contribution in [0.4, 0.5) is 4.39 Å². The molecule has 0 saturated heterocycles. The normalized spacial score (nSPS) is 19.6. The number of halogens is 1. The predicted molar refractivity (Wildman–Crippen MR) is 93.2 cm³/mol. The van der Waals surface area contributed by atoms with Crippen LogP contribution >= 0.6 is 0 Å². The predicted octanol–water partition coefficient (Wildman–Crippen LogP) is 2.13. The first-order valence-corrected chi connectivity index (χ1v) is 8.21. The molecule has 1 heterocycles. The van der Waals surface area contributed by atoms with Gasteiger partial charge >= 0.3 is 5.68 Å². The fraction of sp³-hybridized carbons (Fsp3) is 0.333. The number of aryl methyl sites for hydroxylation is 2. The number of nitrogens with zero attached hydrogens (tertiary/aromatic N) is 3. The van der Waals surface area contributed by atoms with Crippen molar-refractivity contribution < 1.29 is 8.81 Å². The second-order valence-corrected chi connectivity index (χ2v) is 6.12. The van der Waals surface area contributed by atoms with Crippen molar-refractivity contribution in [1.82, 2.24) is 9.78 Å². The molecule has 1 atom stereocenters. The zero-order chi connectivity index (χ0) is 18.0. The molecule has 7 heteroatoms. The third kappa shape index (κ3) is 3.65. The number of nitrogens with two attached hydrogens (primary N) is 2. The summed E-state index contributed by atoms with van der Waals surface area (Å²) in [5, 5.41) is 4.14. The molecule has 3 rings (SSSR count). The van der Waals surface area contributed by atoms with Crippen molar-refractivity contribution in [2.24, 2.45) is 23.5 Å². The zero-order valence-electron chi connectivity index (χ0n) is 14.4. The molecular weight excluding hydrogens is 321 g/mol. The van der Waals surface area contributed by atoms with Crippen LogP contribution in [0.2, 0.25) is 0 Å². The molecule has 0 radical (unpaired) electrons. The van der Waals surface area contributed by atoms with Crippen LogP contribution in [-0.2, 0) is 7.05 Å². The summed E-state index contributed by atoms with van der Waals surface area (Å²) < 4.78 is 21.0. The topological polar surface area (TPSA) is 95.4 Å². The molecule has 0 fully saturated rings. The molecule has 4 N–H and O–H groups in total. The van der Waals surface area contributed by atoms with Gasteiger partial charge in [0.2, 0.25) is 5.89 Å². The lowest BCUT2D eigenvalue weighted by atomic mass is 9.91. The highest BCUT2D eigenvalue weighted by Crippen LogP contribution is 2.27. The van der Waals surface area contributed by atoms with E-state index in [2.05, 4.69) is 10.1 Å². The van der Waals surface area contributed by atoms with E-state index in [9.17, 15) is 4.39 Å². The van der Waals surface area contributed by atoms with Gasteiger partial charge in [-0.05, 0) is 43.0 Å². The first-order chi connectivity index (χ1) is 12.0. The van der Waals surface area contributed by atoms with Crippen LogP contribution < -0.4 is 17.2 Å². The number of aromatic nitrogens is 2. The highest BCUT2D eigenvalue weighted by Gasteiger charge is 2.20. The quantitative estimate of drug-likeness (QED) is 0.892. The van der Waals surface area contributed by atoms with Gasteiger partial charge in [-0.2, -0.15) is 0 Å². The minimum absolute atomic E-state index is 0.202. The fourth-order valence-electron chi connectivity index (χ4n) is 2.97. The van der Waals surface area contributed by atoms with E-state index in [1.165, 1.54) is 6.07 Å². The Balaban J connectivity index is 1.96. The van der Waals surface area contributed by atoms with Gasteiger partial charge in [0.05, 0.1) is 6.04 Å². The Morgan fingerprint density at radius 3 is 2.88 bits per heavy atom. The van der Waals surface area contributed by atoms with Crippen molar-refractivity contribution in [1.29, 1.82) is 0 Å². The van der Waals surface area contributed by atoms with E-state index in [4.69, 9.17) is 15.9 Å². The summed E-state index contributed by atoms with van der Waals surface area (Å²) in [5.74, 6) is 0.195. The molecule has 0 saturated carbocycles. The highest BCUT2D eigenvalue weighted by molar-refractivity contribution is 5.66. The van der Waals surface area contributed by atoms with Crippen LogP contribution in [-0.4, -0.2) is 15.8 Å². The van der Waals surface area contributed by atoms with Crippen molar-refractivity contribution in [3.8, 4) is 0 Å². The van der Waals surface area contributed by atoms with Gasteiger partial charge in [0.25, 0.3) is 0 Å². The van der Waals surface area contributed by atoms with E-state index in [1.807, 2.05) is 0 Å². The largest absolute Gasteiger partial charge is 0.408 e. The van der Waals surface area contributed by atoms with Crippen LogP contribution in [0.3, 0.4) is 0 Å². The molecule has 25 heavy (non-hydrogen) atoms. The highest BCUT2D eigenvalue weighted by atomic mass is 19.1. The summed E-state index contributed by atoms with van der Waals surface area (Å²) in [7, 11) is 1.77. The number of hydrogen-bond acceptors (Lipinski definition) is 5. The van der Waals surface area contributed by atoms with E-state index in [0.717, 1.165) is 24.8 Å². The Hall–Kier alpha value is -2.83. The van der Waals surface area contributed by atoms with E-state index in [0.29, 0.717) is 28.5 Å². The fourth-order valence-corrected chi connectivity index (χ4v) is 2.97. The SMILES string of the molecule is Cc1nn(C)c(=NC2CCCC(/C=C(\N)c3ccccc3F)=C2N)o1. The van der Waals surface area contributed by atoms with E-state index in [-0.39, 0.29) is 11.9 Å². The minimum atomic E-state index is -0.350. The van der Waals surface area contributed by atoms with Gasteiger partial charge in [-0.25, -0.2) is 14.1 Å². The Morgan fingerprint density at radius 1 is 1.44 bits per heavy atom. The first kappa shape index (κ1) is 17.0. The second kappa shape index (κ2) is 6.96. The standard InChI is InChI=1S/C18H22FN5O/c1-11-23-24(2)18(25-11)22-16-9-5-6-12(17(16)21)10-15(20)13-7-3-4-8-14(13)19/h3-4,7-8,10,16H,5-6,9,20-21H2,1-2H3/b15-10-,22-18?. The van der Waals surface area contributed by atoms with Crippen molar-refractivity contribution in [2.75, 3.05) is 0 Å². The maximum Gasteiger partial charge on any atom is 0.315 e. The molecule has 0 amide bonds. The average molecular weight is 343 g/mol. The number of rotatable bonds is 3. The zero-order valence-corrected chi connectivity index (χ0v) is 14.4. The van der Waals surface area contributed by atoms with Gasteiger partial charge in [0.15, 0.2) is 0 Å². The molecule has 1 aromatic heterocycles. The van der Waals surface area contributed by atoms with E-state index < -0.39 is 0 Å². The minimum Gasteiger partial charge on any atom is -0.408 e. The van der Waals surface area contributed by atoms with Crippen LogP contribution in [0, 0.1) is 12.7 Å². The molecule has 0 spiro atoms. The van der Waals surface area contributed by atoms with Crippen molar-refractivity contribution in [3.63, 3.8) is 0 Å². The molecular formula is C18H22FN5O. The molecule has 2 aromatic rings. The lowest BCUT2D eigenvalue weighted by Gasteiger charge is -2.21. The van der Waals surface area contributed by atoms with Gasteiger partial charge in [-0.1, -0.05) is 12.1 Å². The lowest BCUT2D eigenvalue weighted by molar-refractivity contribution is 0.433. The van der Waals surface area contributed by atoms with Crippen LogP contribution in [0.1, 0.15) is 30.7 Å². The monoisotopic (exact) mass is 343 g/mol. The molecule has 0 aliphatic heterocycles. The van der Waals surface area contributed by atoms with Gasteiger partial charge in [0.1, 0.15) is 5.82 Å². The summed E-state index contributed by atoms with van der Waals surface area (Å²) in [6.45, 7) is 1.77. The maximum absolute atomic E-state index is 13.9. The van der Waals surface area contributed by atoms with Gasteiger partial charge in [-0.3, -0.25) is 0 Å². The molecule has 1 aliphatic carbocycles. The molecule has 0 bridgehead atoms. The van der Waals surface area contributed by atoms with Crippen LogP contribution in [0.15, 0.2) is 51.0 Å². The van der Waals surface area contributed by atoms with Crippen LogP contribution in [0.5, 0.6) is 0 Å². The molecule has 6 nitrogen and oxygen atoms in total. The summed E-state index contributed by atoms with van der Waals surface area (Å²) in [6, 6.07) is 6.22. The molecule has 1 aliphatic rings. The van der Waals surface area contributed by atoms with E-state index >= 15 is 0 Å². The first-order valence-electron chi connectivity index (χ1n) is 8.21. The third-order valence-electron chi connectivity index (χ3n) is 4.24. The number of hydrogen-bond donors (Lipinski definition) is 2. The third-order valence-corrected chi connectivity index (χ3v) is 4.24. The summed E-state index contributed by atoms with van der Waals surface area (Å²) in [6.07, 6.45) is 4.28. The molecule has 132 valence electrons. The molecule has 1 unspecified atom stereocenters. The number of benzene rings is 1. The summed E-state index contributed by atoms with van der Waals surface area (Å²) in [4.78, 5) is 4.57. The van der Waals surface area contributed by atoms with Gasteiger partial charge in [0, 0.05) is 30.9 Å². The van der Waals surface area contributed by atoms with Gasteiger partial charge < -0.3 is 15.9 Å². The van der Waals surface area contributed by atoms with Crippen molar-refractivity contribution >= 4 is 5.70 Å². The Morgan fingerprint density at radius 2 is 2.20 bits per heavy atom. The second-order valence-electron chi connectivity index (χ2n) is 6.12. The van der Waals surface area contributed by atoms with Crippen molar-refractivity contribution in [2.45, 2.75) is 32.2 Å². The molecule has 1 aromatic carbocycles. The maximum atomic E-state index is 13.9. The Bertz CT molecular complexity index is 906.